The zero-order valence-electron chi connectivity index (χ0n) is 13.8. The Morgan fingerprint density at radius 1 is 1.04 bits per heavy atom. The molecular formula is C19H19Cl2N3. The molecule has 124 valence electrons. The van der Waals surface area contributed by atoms with Crippen LogP contribution in [0.2, 0.25) is 10.0 Å². The van der Waals surface area contributed by atoms with Gasteiger partial charge in [-0.3, -0.25) is 9.67 Å². The Kier molecular flexibility index (Phi) is 5.22. The van der Waals surface area contributed by atoms with E-state index in [0.29, 0.717) is 10.0 Å². The molecule has 0 bridgehead atoms. The topological polar surface area (TPSA) is 30.7 Å². The van der Waals surface area contributed by atoms with Gasteiger partial charge in [-0.25, -0.2) is 0 Å². The zero-order valence-corrected chi connectivity index (χ0v) is 15.3. The molecule has 5 heteroatoms. The van der Waals surface area contributed by atoms with Crippen LogP contribution in [0, 0.1) is 6.92 Å². The summed E-state index contributed by atoms with van der Waals surface area (Å²) in [7, 11) is 0. The highest BCUT2D eigenvalue weighted by molar-refractivity contribution is 6.34. The molecule has 3 aromatic rings. The van der Waals surface area contributed by atoms with Gasteiger partial charge in [0.05, 0.1) is 5.69 Å². The van der Waals surface area contributed by atoms with Crippen molar-refractivity contribution in [3.05, 3.63) is 80.8 Å². The van der Waals surface area contributed by atoms with Crippen LogP contribution >= 0.6 is 23.2 Å². The molecule has 0 saturated heterocycles. The Labute approximate surface area is 152 Å². The fourth-order valence-corrected chi connectivity index (χ4v) is 3.54. The van der Waals surface area contributed by atoms with E-state index in [1.807, 2.05) is 24.4 Å². The van der Waals surface area contributed by atoms with Crippen molar-refractivity contribution < 1.29 is 0 Å². The number of pyridine rings is 1. The van der Waals surface area contributed by atoms with E-state index in [9.17, 15) is 0 Å². The molecule has 0 N–H and O–H groups in total. The van der Waals surface area contributed by atoms with Gasteiger partial charge in [0.25, 0.3) is 0 Å². The Morgan fingerprint density at radius 2 is 1.79 bits per heavy atom. The number of aryl methyl sites for hydroxylation is 2. The van der Waals surface area contributed by atoms with Crippen molar-refractivity contribution >= 4 is 23.2 Å². The first-order valence-electron chi connectivity index (χ1n) is 7.96. The lowest BCUT2D eigenvalue weighted by Crippen LogP contribution is -2.05. The van der Waals surface area contributed by atoms with Gasteiger partial charge in [-0.15, -0.1) is 0 Å². The van der Waals surface area contributed by atoms with Crippen molar-refractivity contribution in [2.24, 2.45) is 0 Å². The van der Waals surface area contributed by atoms with Crippen molar-refractivity contribution in [1.29, 1.82) is 0 Å². The van der Waals surface area contributed by atoms with Gasteiger partial charge in [-0.05, 0) is 49.2 Å². The van der Waals surface area contributed by atoms with Crippen LogP contribution in [-0.2, 0) is 19.4 Å². The van der Waals surface area contributed by atoms with E-state index in [4.69, 9.17) is 28.3 Å². The van der Waals surface area contributed by atoms with Crippen LogP contribution < -0.4 is 0 Å². The minimum absolute atomic E-state index is 0.658. The maximum atomic E-state index is 6.15. The van der Waals surface area contributed by atoms with Gasteiger partial charge in [-0.1, -0.05) is 29.3 Å². The monoisotopic (exact) mass is 359 g/mol. The third-order valence-corrected chi connectivity index (χ3v) is 4.50. The fraction of sp³-hybridized carbons (Fsp3) is 0.263. The summed E-state index contributed by atoms with van der Waals surface area (Å²) in [5, 5.41) is 6.01. The molecule has 0 aliphatic carbocycles. The molecule has 3 rings (SSSR count). The van der Waals surface area contributed by atoms with Crippen LogP contribution in [0.15, 0.2) is 42.7 Å². The highest BCUT2D eigenvalue weighted by atomic mass is 35.5. The molecule has 24 heavy (non-hydrogen) atoms. The quantitative estimate of drug-likeness (QED) is 0.634. The van der Waals surface area contributed by atoms with Crippen molar-refractivity contribution in [1.82, 2.24) is 14.8 Å². The smallest absolute Gasteiger partial charge is 0.0632 e. The van der Waals surface area contributed by atoms with Gasteiger partial charge in [0.15, 0.2) is 0 Å². The minimum atomic E-state index is 0.658. The van der Waals surface area contributed by atoms with Crippen molar-refractivity contribution in [2.75, 3.05) is 0 Å². The number of benzene rings is 1. The van der Waals surface area contributed by atoms with E-state index >= 15 is 0 Å². The minimum Gasteiger partial charge on any atom is -0.269 e. The van der Waals surface area contributed by atoms with Crippen LogP contribution in [0.4, 0.5) is 0 Å². The second kappa shape index (κ2) is 7.37. The molecule has 3 nitrogen and oxygen atoms in total. The summed E-state index contributed by atoms with van der Waals surface area (Å²) in [6, 6.07) is 9.74. The molecule has 0 amide bonds. The summed E-state index contributed by atoms with van der Waals surface area (Å²) in [5.74, 6) is 0. The third kappa shape index (κ3) is 3.80. The molecule has 0 atom stereocenters. The van der Waals surface area contributed by atoms with Gasteiger partial charge >= 0.3 is 0 Å². The molecule has 0 spiro atoms. The molecule has 1 aromatic carbocycles. The molecule has 0 radical (unpaired) electrons. The number of aromatic nitrogens is 3. The van der Waals surface area contributed by atoms with E-state index in [-0.39, 0.29) is 0 Å². The van der Waals surface area contributed by atoms with Crippen LogP contribution in [0.1, 0.15) is 35.0 Å². The summed E-state index contributed by atoms with van der Waals surface area (Å²) in [5.41, 5.74) is 5.79. The number of hydrogen-bond acceptors (Lipinski definition) is 2. The Morgan fingerprint density at radius 3 is 2.42 bits per heavy atom. The average molecular weight is 360 g/mol. The lowest BCUT2D eigenvalue weighted by Gasteiger charge is -2.10. The molecule has 0 fully saturated rings. The molecule has 2 heterocycles. The second-order valence-corrected chi connectivity index (χ2v) is 6.69. The number of nitrogens with zero attached hydrogens (tertiary/aromatic N) is 3. The van der Waals surface area contributed by atoms with Crippen LogP contribution in [0.25, 0.3) is 0 Å². The van der Waals surface area contributed by atoms with E-state index < -0.39 is 0 Å². The lowest BCUT2D eigenvalue weighted by atomic mass is 10.00. The molecule has 0 aliphatic rings. The molecule has 2 aromatic heterocycles. The van der Waals surface area contributed by atoms with Crippen molar-refractivity contribution in [3.63, 3.8) is 0 Å². The average Bonchev–Trinajstić information content (AvgIpc) is 2.83. The number of halogens is 2. The van der Waals surface area contributed by atoms with Gasteiger partial charge in [-0.2, -0.15) is 5.10 Å². The summed E-state index contributed by atoms with van der Waals surface area (Å²) in [6.07, 6.45) is 5.28. The van der Waals surface area contributed by atoms with Gasteiger partial charge in [0, 0.05) is 53.1 Å². The van der Waals surface area contributed by atoms with Crippen molar-refractivity contribution in [2.45, 2.75) is 33.2 Å². The predicted octanol–water partition coefficient (Wildman–Crippen LogP) is 5.09. The second-order valence-electron chi connectivity index (χ2n) is 5.82. The third-order valence-electron chi connectivity index (χ3n) is 4.06. The van der Waals surface area contributed by atoms with E-state index in [1.165, 1.54) is 16.8 Å². The van der Waals surface area contributed by atoms with Crippen molar-refractivity contribution in [3.8, 4) is 0 Å². The summed E-state index contributed by atoms with van der Waals surface area (Å²) in [6.45, 7) is 5.00. The van der Waals surface area contributed by atoms with Gasteiger partial charge < -0.3 is 0 Å². The van der Waals surface area contributed by atoms with Gasteiger partial charge in [0.2, 0.25) is 0 Å². The van der Waals surface area contributed by atoms with E-state index in [0.717, 1.165) is 30.6 Å². The molecular weight excluding hydrogens is 341 g/mol. The first-order valence-corrected chi connectivity index (χ1v) is 8.71. The Bertz CT molecular complexity index is 821. The largest absolute Gasteiger partial charge is 0.269 e. The fourth-order valence-electron chi connectivity index (χ4n) is 2.97. The van der Waals surface area contributed by atoms with Crippen LogP contribution in [-0.4, -0.2) is 14.8 Å². The highest BCUT2D eigenvalue weighted by Crippen LogP contribution is 2.25. The maximum absolute atomic E-state index is 6.15. The van der Waals surface area contributed by atoms with Gasteiger partial charge in [0.1, 0.15) is 0 Å². The summed E-state index contributed by atoms with van der Waals surface area (Å²) in [4.78, 5) is 4.21. The first kappa shape index (κ1) is 17.0. The summed E-state index contributed by atoms with van der Waals surface area (Å²) >= 11 is 12.3. The van der Waals surface area contributed by atoms with Crippen LogP contribution in [0.3, 0.4) is 0 Å². The Balaban J connectivity index is 1.99. The molecule has 0 saturated carbocycles. The zero-order chi connectivity index (χ0) is 17.1. The standard InChI is InChI=1S/C19H19Cl2N3/c1-3-24-19(10-15-7-16(20)11-17(21)8-15)18(13(2)23-24)9-14-5-4-6-22-12-14/h4-8,11-12H,3,9-10H2,1-2H3. The molecule has 0 aliphatic heterocycles. The lowest BCUT2D eigenvalue weighted by molar-refractivity contribution is 0.624. The summed E-state index contributed by atoms with van der Waals surface area (Å²) < 4.78 is 2.07. The Hall–Kier alpha value is -1.84. The van der Waals surface area contributed by atoms with E-state index in [1.54, 1.807) is 12.3 Å². The number of rotatable bonds is 5. The molecule has 0 unspecified atom stereocenters. The SMILES string of the molecule is CCn1nc(C)c(Cc2cccnc2)c1Cc1cc(Cl)cc(Cl)c1. The maximum Gasteiger partial charge on any atom is 0.0632 e. The first-order chi connectivity index (χ1) is 11.6. The van der Waals surface area contributed by atoms with Crippen LogP contribution in [0.5, 0.6) is 0 Å². The normalized spacial score (nSPS) is 11.0. The number of hydrogen-bond donors (Lipinski definition) is 0. The van der Waals surface area contributed by atoms with E-state index in [2.05, 4.69) is 29.6 Å². The highest BCUT2D eigenvalue weighted by Gasteiger charge is 2.16. The predicted molar refractivity (Wildman–Crippen MR) is 98.9 cm³/mol.